The number of halogens is 2. The number of amides is 1. The van der Waals surface area contributed by atoms with Crippen molar-refractivity contribution < 1.29 is 18.3 Å². The van der Waals surface area contributed by atoms with Gasteiger partial charge in [0, 0.05) is 25.0 Å². The number of hydrogen-bond acceptors (Lipinski definition) is 8. The van der Waals surface area contributed by atoms with Gasteiger partial charge in [0.05, 0.1) is 11.8 Å². The number of azo groups is 1. The average Bonchev–Trinajstić information content (AvgIpc) is 2.80. The Hall–Kier alpha value is -2.63. The Morgan fingerprint density at radius 1 is 1.18 bits per heavy atom. The number of piperidine rings is 2. The van der Waals surface area contributed by atoms with Gasteiger partial charge in [0.25, 0.3) is 11.8 Å². The van der Waals surface area contributed by atoms with Crippen LogP contribution in [0.3, 0.4) is 0 Å². The molecule has 1 spiro atoms. The van der Waals surface area contributed by atoms with E-state index < -0.39 is 17.4 Å². The third-order valence-electron chi connectivity index (χ3n) is 7.38. The molecule has 4 heterocycles. The van der Waals surface area contributed by atoms with E-state index in [1.54, 1.807) is 6.20 Å². The van der Waals surface area contributed by atoms with E-state index in [-0.39, 0.29) is 22.6 Å². The van der Waals surface area contributed by atoms with Crippen LogP contribution in [0, 0.1) is 11.2 Å². The van der Waals surface area contributed by atoms with E-state index in [0.29, 0.717) is 26.1 Å². The molecule has 0 unspecified atom stereocenters. The third-order valence-corrected chi connectivity index (χ3v) is 7.38. The summed E-state index contributed by atoms with van der Waals surface area (Å²) < 4.78 is 34.2. The molecule has 1 amide bonds. The Kier molecular flexibility index (Phi) is 6.26. The molecule has 1 aromatic carbocycles. The van der Waals surface area contributed by atoms with E-state index in [9.17, 15) is 9.18 Å². The predicted molar refractivity (Wildman–Crippen MR) is 121 cm³/mol. The number of nitrogens with zero attached hydrogens (tertiary/aromatic N) is 5. The SMILES string of the molecule is NC(=O)c1cc(F)ccc1OC1=CN(N2CC3(CCN(CC4(F)CCNCC4)CC3)C2)CN=N1. The van der Waals surface area contributed by atoms with Gasteiger partial charge in [0.1, 0.15) is 23.9 Å². The summed E-state index contributed by atoms with van der Waals surface area (Å²) in [6, 6.07) is 3.58. The van der Waals surface area contributed by atoms with Gasteiger partial charge < -0.3 is 20.7 Å². The van der Waals surface area contributed by atoms with Crippen LogP contribution in [0.2, 0.25) is 0 Å². The standard InChI is InChI=1S/C23H31F2N7O2/c24-17-1-2-19(18(11-17)21(26)33)34-20-12-31(16-28-29-20)32-13-22(14-32)5-9-30(10-6-22)15-23(25)3-7-27-8-4-23/h1-2,11-12,27H,3-10,13-16H2,(H2,26,33). The highest BCUT2D eigenvalue weighted by Crippen LogP contribution is 2.42. The van der Waals surface area contributed by atoms with Gasteiger partial charge in [-0.25, -0.2) is 13.8 Å². The first-order valence-electron chi connectivity index (χ1n) is 11.8. The molecule has 4 aliphatic rings. The molecule has 0 bridgehead atoms. The van der Waals surface area contributed by atoms with Crippen LogP contribution in [-0.2, 0) is 0 Å². The number of alkyl halides is 1. The molecule has 9 nitrogen and oxygen atoms in total. The zero-order chi connectivity index (χ0) is 23.8. The minimum absolute atomic E-state index is 0.0533. The maximum atomic E-state index is 15.1. The maximum Gasteiger partial charge on any atom is 0.256 e. The molecule has 34 heavy (non-hydrogen) atoms. The van der Waals surface area contributed by atoms with Gasteiger partial charge in [-0.2, -0.15) is 5.11 Å². The first-order chi connectivity index (χ1) is 16.3. The molecular weight excluding hydrogens is 444 g/mol. The molecule has 5 rings (SSSR count). The van der Waals surface area contributed by atoms with E-state index in [2.05, 4.69) is 25.5 Å². The highest BCUT2D eigenvalue weighted by molar-refractivity contribution is 5.95. The van der Waals surface area contributed by atoms with Crippen molar-refractivity contribution in [2.75, 3.05) is 52.5 Å². The van der Waals surface area contributed by atoms with Gasteiger partial charge in [-0.05, 0) is 70.1 Å². The molecule has 3 saturated heterocycles. The zero-order valence-electron chi connectivity index (χ0n) is 19.2. The first kappa shape index (κ1) is 23.1. The van der Waals surface area contributed by atoms with E-state index in [1.807, 2.05) is 5.01 Å². The van der Waals surface area contributed by atoms with Crippen LogP contribution in [-0.4, -0.2) is 79.0 Å². The Morgan fingerprint density at radius 2 is 1.91 bits per heavy atom. The molecule has 3 fully saturated rings. The summed E-state index contributed by atoms with van der Waals surface area (Å²) in [5.74, 6) is -1.02. The molecule has 0 saturated carbocycles. The third kappa shape index (κ3) is 4.91. The quantitative estimate of drug-likeness (QED) is 0.655. The lowest BCUT2D eigenvalue weighted by atomic mass is 9.72. The summed E-state index contributed by atoms with van der Waals surface area (Å²) in [6.07, 6.45) is 5.03. The molecule has 1 aromatic rings. The number of primary amides is 1. The van der Waals surface area contributed by atoms with E-state index in [4.69, 9.17) is 10.5 Å². The number of carbonyl (C=O) groups excluding carboxylic acids is 1. The molecule has 11 heteroatoms. The van der Waals surface area contributed by atoms with Crippen LogP contribution in [0.4, 0.5) is 8.78 Å². The van der Waals surface area contributed by atoms with E-state index in [0.717, 1.165) is 58.2 Å². The highest BCUT2D eigenvalue weighted by Gasteiger charge is 2.47. The van der Waals surface area contributed by atoms with Gasteiger partial charge in [-0.3, -0.25) is 9.80 Å². The number of hydrazine groups is 1. The van der Waals surface area contributed by atoms with Crippen molar-refractivity contribution in [2.45, 2.75) is 31.4 Å². The molecule has 4 aliphatic heterocycles. The monoisotopic (exact) mass is 475 g/mol. The van der Waals surface area contributed by atoms with Crippen molar-refractivity contribution in [2.24, 2.45) is 21.4 Å². The van der Waals surface area contributed by atoms with Gasteiger partial charge >= 0.3 is 0 Å². The minimum Gasteiger partial charge on any atom is -0.436 e. The van der Waals surface area contributed by atoms with Gasteiger partial charge in [0.15, 0.2) is 0 Å². The summed E-state index contributed by atoms with van der Waals surface area (Å²) in [4.78, 5) is 13.9. The van der Waals surface area contributed by atoms with Crippen molar-refractivity contribution >= 4 is 5.91 Å². The number of hydrogen-bond donors (Lipinski definition) is 2. The van der Waals surface area contributed by atoms with Crippen LogP contribution in [0.25, 0.3) is 0 Å². The van der Waals surface area contributed by atoms with Crippen LogP contribution < -0.4 is 15.8 Å². The molecule has 0 atom stereocenters. The predicted octanol–water partition coefficient (Wildman–Crippen LogP) is 2.23. The molecule has 0 radical (unpaired) electrons. The second kappa shape index (κ2) is 9.20. The highest BCUT2D eigenvalue weighted by atomic mass is 19.1. The van der Waals surface area contributed by atoms with Crippen molar-refractivity contribution in [1.29, 1.82) is 0 Å². The Bertz CT molecular complexity index is 980. The number of benzene rings is 1. The Balaban J connectivity index is 1.14. The minimum atomic E-state index is -1.06. The molecule has 0 aromatic heterocycles. The number of rotatable bonds is 6. The number of nitrogens with two attached hydrogens (primary N) is 1. The number of nitrogens with one attached hydrogen (secondary N) is 1. The maximum absolute atomic E-state index is 15.1. The fourth-order valence-electron chi connectivity index (χ4n) is 5.32. The smallest absolute Gasteiger partial charge is 0.256 e. The summed E-state index contributed by atoms with van der Waals surface area (Å²) in [5, 5.41) is 15.5. The van der Waals surface area contributed by atoms with Gasteiger partial charge in [0.2, 0.25) is 0 Å². The Morgan fingerprint density at radius 3 is 2.62 bits per heavy atom. The summed E-state index contributed by atoms with van der Waals surface area (Å²) in [6.45, 7) is 6.10. The second-order valence-electron chi connectivity index (χ2n) is 9.90. The van der Waals surface area contributed by atoms with Gasteiger partial charge in [-0.1, -0.05) is 0 Å². The summed E-state index contributed by atoms with van der Waals surface area (Å²) in [5.41, 5.74) is 4.47. The van der Waals surface area contributed by atoms with Crippen molar-refractivity contribution in [3.63, 3.8) is 0 Å². The van der Waals surface area contributed by atoms with Crippen molar-refractivity contribution in [1.82, 2.24) is 20.2 Å². The molecule has 0 aliphatic carbocycles. The zero-order valence-corrected chi connectivity index (χ0v) is 19.2. The van der Waals surface area contributed by atoms with Crippen LogP contribution in [0.15, 0.2) is 40.5 Å². The first-order valence-corrected chi connectivity index (χ1v) is 11.8. The largest absolute Gasteiger partial charge is 0.436 e. The number of carbonyl (C=O) groups is 1. The number of ether oxygens (including phenoxy) is 1. The normalized spacial score (nSPS) is 24.5. The number of likely N-dealkylation sites (tertiary alicyclic amines) is 1. The molecule has 3 N–H and O–H groups in total. The summed E-state index contributed by atoms with van der Waals surface area (Å²) in [7, 11) is 0. The van der Waals surface area contributed by atoms with Crippen LogP contribution >= 0.6 is 0 Å². The molecule has 184 valence electrons. The second-order valence-corrected chi connectivity index (χ2v) is 9.90. The van der Waals surface area contributed by atoms with Crippen LogP contribution in [0.5, 0.6) is 5.75 Å². The molecular formula is C23H31F2N7O2. The van der Waals surface area contributed by atoms with Crippen molar-refractivity contribution in [3.8, 4) is 5.75 Å². The van der Waals surface area contributed by atoms with Crippen molar-refractivity contribution in [3.05, 3.63) is 41.7 Å². The van der Waals surface area contributed by atoms with Gasteiger partial charge in [-0.15, -0.1) is 5.11 Å². The Labute approximate surface area is 197 Å². The van der Waals surface area contributed by atoms with Crippen LogP contribution in [0.1, 0.15) is 36.0 Å². The lowest BCUT2D eigenvalue weighted by Gasteiger charge is -2.56. The van der Waals surface area contributed by atoms with E-state index in [1.165, 1.54) is 12.1 Å². The summed E-state index contributed by atoms with van der Waals surface area (Å²) >= 11 is 0. The fraction of sp³-hybridized carbons (Fsp3) is 0.609. The van der Waals surface area contributed by atoms with E-state index >= 15 is 4.39 Å². The lowest BCUT2D eigenvalue weighted by Crippen LogP contribution is -2.64. The topological polar surface area (TPSA) is 98.8 Å². The fourth-order valence-corrected chi connectivity index (χ4v) is 5.32. The lowest BCUT2D eigenvalue weighted by molar-refractivity contribution is -0.150. The average molecular weight is 476 g/mol.